The number of benzene rings is 1. The molecule has 2 aliphatic rings. The number of pyridine rings is 1. The van der Waals surface area contributed by atoms with E-state index in [4.69, 9.17) is 0 Å². The number of hydrogen-bond acceptors (Lipinski definition) is 4. The zero-order valence-corrected chi connectivity index (χ0v) is 16.8. The molecule has 3 aromatic rings. The molecule has 2 fully saturated rings. The van der Waals surface area contributed by atoms with E-state index in [-0.39, 0.29) is 11.8 Å². The normalized spacial score (nSPS) is 18.2. The van der Waals surface area contributed by atoms with E-state index >= 15 is 0 Å². The second-order valence-electron chi connectivity index (χ2n) is 8.31. The zero-order valence-electron chi connectivity index (χ0n) is 16.8. The van der Waals surface area contributed by atoms with Crippen LogP contribution in [-0.2, 0) is 11.3 Å². The lowest BCUT2D eigenvalue weighted by Crippen LogP contribution is -2.43. The number of hydrogen-bond donors (Lipinski definition) is 1. The highest BCUT2D eigenvalue weighted by Crippen LogP contribution is 2.30. The summed E-state index contributed by atoms with van der Waals surface area (Å²) in [4.78, 5) is 21.5. The predicted molar refractivity (Wildman–Crippen MR) is 115 cm³/mol. The fourth-order valence-corrected chi connectivity index (χ4v) is 3.93. The van der Waals surface area contributed by atoms with Crippen LogP contribution in [0.4, 0.5) is 5.82 Å². The third kappa shape index (κ3) is 4.04. The molecule has 1 saturated carbocycles. The minimum absolute atomic E-state index is 0.0863. The Hall–Kier alpha value is -2.70. The van der Waals surface area contributed by atoms with Crippen molar-refractivity contribution in [3.8, 4) is 11.3 Å². The van der Waals surface area contributed by atoms with Crippen LogP contribution in [0.3, 0.4) is 0 Å². The Labute approximate surface area is 171 Å². The van der Waals surface area contributed by atoms with Gasteiger partial charge in [0.15, 0.2) is 5.82 Å². The van der Waals surface area contributed by atoms with Crippen LogP contribution < -0.4 is 5.32 Å². The van der Waals surface area contributed by atoms with Crippen LogP contribution in [0.5, 0.6) is 0 Å². The quantitative estimate of drug-likeness (QED) is 0.729. The molecule has 5 rings (SSSR count). The maximum absolute atomic E-state index is 12.1. The Balaban J connectivity index is 1.34. The molecular formula is C23H27N5O. The first-order valence-electron chi connectivity index (χ1n) is 10.4. The predicted octanol–water partition coefficient (Wildman–Crippen LogP) is 3.10. The lowest BCUT2D eigenvalue weighted by atomic mass is 10.1. The van der Waals surface area contributed by atoms with Gasteiger partial charge in [-0.1, -0.05) is 30.3 Å². The second-order valence-corrected chi connectivity index (χ2v) is 8.31. The van der Waals surface area contributed by atoms with Gasteiger partial charge in [-0.2, -0.15) is 0 Å². The molecule has 1 N–H and O–H groups in total. The maximum atomic E-state index is 12.1. The molecule has 1 amide bonds. The number of likely N-dealkylation sites (N-methyl/N-ethyl adjacent to an activating group) is 1. The highest BCUT2D eigenvalue weighted by atomic mass is 16.2. The van der Waals surface area contributed by atoms with E-state index in [1.165, 1.54) is 5.56 Å². The zero-order chi connectivity index (χ0) is 19.8. The monoisotopic (exact) mass is 389 g/mol. The summed E-state index contributed by atoms with van der Waals surface area (Å²) in [6.45, 7) is 5.53. The van der Waals surface area contributed by atoms with Crippen molar-refractivity contribution in [3.63, 3.8) is 0 Å². The molecule has 150 valence electrons. The van der Waals surface area contributed by atoms with Gasteiger partial charge in [-0.05, 0) is 43.1 Å². The Morgan fingerprint density at radius 1 is 1.07 bits per heavy atom. The Morgan fingerprint density at radius 3 is 2.55 bits per heavy atom. The molecule has 1 aliphatic carbocycles. The minimum atomic E-state index is 0.0863. The van der Waals surface area contributed by atoms with Crippen molar-refractivity contribution >= 4 is 17.4 Å². The van der Waals surface area contributed by atoms with Crippen molar-refractivity contribution in [1.82, 2.24) is 19.2 Å². The number of nitrogens with zero attached hydrogens (tertiary/aromatic N) is 4. The molecule has 0 bridgehead atoms. The number of fused-ring (bicyclic) bond motifs is 1. The molecule has 3 heterocycles. The first-order valence-corrected chi connectivity index (χ1v) is 10.4. The molecule has 6 heteroatoms. The first kappa shape index (κ1) is 18.3. The lowest BCUT2D eigenvalue weighted by Gasteiger charge is -2.32. The molecule has 0 spiro atoms. The number of imidazole rings is 1. The summed E-state index contributed by atoms with van der Waals surface area (Å²) in [5.74, 6) is 0.886. The lowest BCUT2D eigenvalue weighted by molar-refractivity contribution is -0.117. The molecule has 2 aromatic heterocycles. The summed E-state index contributed by atoms with van der Waals surface area (Å²) in [6.07, 6.45) is 3.90. The maximum Gasteiger partial charge on any atom is 0.228 e. The summed E-state index contributed by atoms with van der Waals surface area (Å²) < 4.78 is 2.05. The number of carbonyl (C=O) groups excluding carboxylic acids is 1. The van der Waals surface area contributed by atoms with Crippen LogP contribution in [-0.4, -0.2) is 58.3 Å². The van der Waals surface area contributed by atoms with E-state index in [9.17, 15) is 4.79 Å². The van der Waals surface area contributed by atoms with Gasteiger partial charge in [-0.3, -0.25) is 14.1 Å². The Morgan fingerprint density at radius 2 is 1.83 bits per heavy atom. The fourth-order valence-electron chi connectivity index (χ4n) is 3.93. The molecular weight excluding hydrogens is 362 g/mol. The average Bonchev–Trinajstić information content (AvgIpc) is 3.50. The minimum Gasteiger partial charge on any atom is -0.309 e. The third-order valence-electron chi connectivity index (χ3n) is 5.94. The number of anilines is 1. The Kier molecular flexibility index (Phi) is 4.81. The number of aromatic nitrogens is 2. The Bertz CT molecular complexity index is 1010. The van der Waals surface area contributed by atoms with E-state index in [1.54, 1.807) is 0 Å². The summed E-state index contributed by atoms with van der Waals surface area (Å²) in [5.41, 5.74) is 4.41. The molecule has 1 saturated heterocycles. The van der Waals surface area contributed by atoms with Crippen molar-refractivity contribution in [2.75, 3.05) is 38.5 Å². The van der Waals surface area contributed by atoms with Gasteiger partial charge in [-0.15, -0.1) is 0 Å². The summed E-state index contributed by atoms with van der Waals surface area (Å²) in [5, 5.41) is 2.95. The van der Waals surface area contributed by atoms with Gasteiger partial charge in [-0.25, -0.2) is 4.98 Å². The molecule has 0 radical (unpaired) electrons. The molecule has 0 atom stereocenters. The van der Waals surface area contributed by atoms with Crippen LogP contribution >= 0.6 is 0 Å². The van der Waals surface area contributed by atoms with Gasteiger partial charge in [0.25, 0.3) is 0 Å². The molecule has 29 heavy (non-hydrogen) atoms. The SMILES string of the molecule is CN1CCN(Cc2ccc(-c3cccc4nc(NC(=O)C5CC5)cn34)cc2)CC1. The number of rotatable bonds is 5. The first-order chi connectivity index (χ1) is 14.2. The number of amides is 1. The van der Waals surface area contributed by atoms with Gasteiger partial charge >= 0.3 is 0 Å². The van der Waals surface area contributed by atoms with Crippen LogP contribution in [0.15, 0.2) is 48.7 Å². The second kappa shape index (κ2) is 7.61. The van der Waals surface area contributed by atoms with Crippen LogP contribution in [0.1, 0.15) is 18.4 Å². The summed E-state index contributed by atoms with van der Waals surface area (Å²) >= 11 is 0. The van der Waals surface area contributed by atoms with Crippen molar-refractivity contribution < 1.29 is 4.79 Å². The average molecular weight is 390 g/mol. The molecule has 1 aliphatic heterocycles. The van der Waals surface area contributed by atoms with Crippen LogP contribution in [0, 0.1) is 5.92 Å². The van der Waals surface area contributed by atoms with E-state index in [0.717, 1.165) is 62.5 Å². The largest absolute Gasteiger partial charge is 0.309 e. The number of nitrogens with one attached hydrogen (secondary N) is 1. The highest BCUT2D eigenvalue weighted by molar-refractivity contribution is 5.93. The van der Waals surface area contributed by atoms with Crippen LogP contribution in [0.25, 0.3) is 16.9 Å². The molecule has 6 nitrogen and oxygen atoms in total. The van der Waals surface area contributed by atoms with Crippen molar-refractivity contribution in [3.05, 3.63) is 54.2 Å². The smallest absolute Gasteiger partial charge is 0.228 e. The summed E-state index contributed by atoms with van der Waals surface area (Å²) in [6, 6.07) is 14.9. The number of piperazine rings is 1. The highest BCUT2D eigenvalue weighted by Gasteiger charge is 2.30. The fraction of sp³-hybridized carbons (Fsp3) is 0.391. The third-order valence-corrected chi connectivity index (χ3v) is 5.94. The molecule has 1 aromatic carbocycles. The number of carbonyl (C=O) groups is 1. The van der Waals surface area contributed by atoms with E-state index in [1.807, 2.05) is 18.3 Å². The molecule has 0 unspecified atom stereocenters. The van der Waals surface area contributed by atoms with Crippen molar-refractivity contribution in [2.24, 2.45) is 5.92 Å². The van der Waals surface area contributed by atoms with Gasteiger partial charge in [0.05, 0.1) is 11.9 Å². The topological polar surface area (TPSA) is 52.9 Å². The van der Waals surface area contributed by atoms with Gasteiger partial charge in [0.1, 0.15) is 5.65 Å². The van der Waals surface area contributed by atoms with E-state index < -0.39 is 0 Å². The van der Waals surface area contributed by atoms with E-state index in [2.05, 4.69) is 61.9 Å². The van der Waals surface area contributed by atoms with Crippen molar-refractivity contribution in [2.45, 2.75) is 19.4 Å². The van der Waals surface area contributed by atoms with Crippen LogP contribution in [0.2, 0.25) is 0 Å². The van der Waals surface area contributed by atoms with Crippen molar-refractivity contribution in [1.29, 1.82) is 0 Å². The van der Waals surface area contributed by atoms with Gasteiger partial charge in [0, 0.05) is 38.6 Å². The van der Waals surface area contributed by atoms with E-state index in [0.29, 0.717) is 5.82 Å². The standard InChI is InChI=1S/C23H27N5O/c1-26-11-13-27(14-12-26)15-17-5-7-18(8-6-17)20-3-2-4-22-24-21(16-28(20)22)25-23(29)19-9-10-19/h2-8,16,19H,9-15H2,1H3,(H,25,29). The van der Waals surface area contributed by atoms with Gasteiger partial charge in [0.2, 0.25) is 5.91 Å². The van der Waals surface area contributed by atoms with Gasteiger partial charge < -0.3 is 10.2 Å². The summed E-state index contributed by atoms with van der Waals surface area (Å²) in [7, 11) is 2.19.